The van der Waals surface area contributed by atoms with Gasteiger partial charge in [-0.2, -0.15) is 0 Å². The summed E-state index contributed by atoms with van der Waals surface area (Å²) in [4.78, 5) is 50.3. The lowest BCUT2D eigenvalue weighted by Gasteiger charge is -2.29. The molecule has 1 rings (SSSR count). The number of aliphatic hydroxyl groups excluding tert-OH is 1. The Morgan fingerprint density at radius 1 is 0.829 bits per heavy atom. The maximum absolute atomic E-state index is 13.1. The third-order valence-electron chi connectivity index (χ3n) is 6.31. The summed E-state index contributed by atoms with van der Waals surface area (Å²) in [6, 6.07) is 4.30. The number of hydrogen-bond donors (Lipinski definition) is 6. The van der Waals surface area contributed by atoms with Crippen LogP contribution in [0.2, 0.25) is 0 Å². The molecule has 0 spiro atoms. The van der Waals surface area contributed by atoms with Gasteiger partial charge in [-0.05, 0) is 24.3 Å². The van der Waals surface area contributed by atoms with Gasteiger partial charge in [0.15, 0.2) is 0 Å². The summed E-state index contributed by atoms with van der Waals surface area (Å²) in [7, 11) is 0. The highest BCUT2D eigenvalue weighted by atomic mass is 16.4. The Balaban J connectivity index is 2.99. The minimum absolute atomic E-state index is 0.0292. The van der Waals surface area contributed by atoms with E-state index in [0.717, 1.165) is 0 Å². The van der Waals surface area contributed by atoms with Crippen molar-refractivity contribution >= 4 is 23.7 Å². The molecule has 1 aromatic rings. The highest BCUT2D eigenvalue weighted by Gasteiger charge is 2.34. The zero-order valence-corrected chi connectivity index (χ0v) is 21.2. The Morgan fingerprint density at radius 3 is 1.83 bits per heavy atom. The number of benzene rings is 1. The van der Waals surface area contributed by atoms with Gasteiger partial charge >= 0.3 is 5.97 Å². The molecule has 10 nitrogen and oxygen atoms in total. The van der Waals surface area contributed by atoms with Crippen molar-refractivity contribution in [2.75, 3.05) is 0 Å². The van der Waals surface area contributed by atoms with Crippen LogP contribution in [0, 0.1) is 11.8 Å². The molecule has 0 heterocycles. The molecule has 7 N–H and O–H groups in total. The van der Waals surface area contributed by atoms with Crippen molar-refractivity contribution in [2.24, 2.45) is 17.6 Å². The van der Waals surface area contributed by atoms with E-state index in [1.54, 1.807) is 37.3 Å². The van der Waals surface area contributed by atoms with E-state index in [2.05, 4.69) is 16.0 Å². The zero-order chi connectivity index (χ0) is 26.7. The molecule has 10 heteroatoms. The molecule has 0 saturated carbocycles. The van der Waals surface area contributed by atoms with E-state index in [1.807, 2.05) is 20.8 Å². The van der Waals surface area contributed by atoms with Crippen molar-refractivity contribution in [3.8, 4) is 0 Å². The summed E-state index contributed by atoms with van der Waals surface area (Å²) in [5.41, 5.74) is 6.71. The molecule has 0 aliphatic heterocycles. The number of carbonyl (C=O) groups excluding carboxylic acids is 3. The zero-order valence-electron chi connectivity index (χ0n) is 21.2. The lowest BCUT2D eigenvalue weighted by Crippen LogP contribution is -2.61. The molecule has 0 aromatic heterocycles. The van der Waals surface area contributed by atoms with Crippen molar-refractivity contribution < 1.29 is 29.4 Å². The summed E-state index contributed by atoms with van der Waals surface area (Å²) in [5.74, 6) is -3.62. The number of hydrogen-bond acceptors (Lipinski definition) is 6. The second-order valence-corrected chi connectivity index (χ2v) is 9.10. The third-order valence-corrected chi connectivity index (χ3v) is 6.31. The lowest BCUT2D eigenvalue weighted by atomic mass is 9.95. The minimum Gasteiger partial charge on any atom is -0.480 e. The molecular weight excluding hydrogens is 452 g/mol. The van der Waals surface area contributed by atoms with Gasteiger partial charge in [-0.1, -0.05) is 70.9 Å². The first-order valence-electron chi connectivity index (χ1n) is 12.0. The number of carbonyl (C=O) groups is 4. The van der Waals surface area contributed by atoms with Crippen molar-refractivity contribution in [3.05, 3.63) is 35.9 Å². The third kappa shape index (κ3) is 9.29. The normalized spacial score (nSPS) is 17.1. The van der Waals surface area contributed by atoms with Crippen LogP contribution in [0.1, 0.15) is 53.0 Å². The van der Waals surface area contributed by atoms with E-state index >= 15 is 0 Å². The van der Waals surface area contributed by atoms with E-state index in [1.165, 1.54) is 6.92 Å². The Labute approximate surface area is 207 Å². The number of amides is 3. The number of carboxylic acids is 1. The van der Waals surface area contributed by atoms with Crippen LogP contribution in [-0.4, -0.2) is 64.2 Å². The Hall–Kier alpha value is -2.98. The van der Waals surface area contributed by atoms with Crippen LogP contribution in [0.5, 0.6) is 0 Å². The average Bonchev–Trinajstić information content (AvgIpc) is 2.83. The standard InChI is InChI=1S/C25H40N4O6/c1-6-14(3)19(26)22(31)28-20(15(4)7-2)23(32)29-21(16(5)30)24(33)27-18(25(34)35)13-17-11-9-8-10-12-17/h8-12,14-16,18-21,30H,6-7,13,26H2,1-5H3,(H,27,33)(H,28,31)(H,29,32)(H,34,35). The topological polar surface area (TPSA) is 171 Å². The van der Waals surface area contributed by atoms with Gasteiger partial charge in [0.25, 0.3) is 0 Å². The van der Waals surface area contributed by atoms with Crippen molar-refractivity contribution in [2.45, 2.75) is 84.2 Å². The number of nitrogens with one attached hydrogen (secondary N) is 3. The van der Waals surface area contributed by atoms with Gasteiger partial charge < -0.3 is 31.9 Å². The van der Waals surface area contributed by atoms with E-state index in [9.17, 15) is 29.4 Å². The molecule has 35 heavy (non-hydrogen) atoms. The predicted octanol–water partition coefficient (Wildman–Crippen LogP) is 0.568. The largest absolute Gasteiger partial charge is 0.480 e. The molecule has 196 valence electrons. The predicted molar refractivity (Wildman–Crippen MR) is 132 cm³/mol. The van der Waals surface area contributed by atoms with Crippen LogP contribution in [0.25, 0.3) is 0 Å². The molecule has 0 bridgehead atoms. The molecule has 1 aromatic carbocycles. The molecule has 0 aliphatic carbocycles. The summed E-state index contributed by atoms with van der Waals surface area (Å²) in [6.07, 6.45) is -0.0460. The second-order valence-electron chi connectivity index (χ2n) is 9.10. The summed E-state index contributed by atoms with van der Waals surface area (Å²) >= 11 is 0. The molecule has 0 saturated heterocycles. The van der Waals surface area contributed by atoms with Crippen LogP contribution in [-0.2, 0) is 25.6 Å². The quantitative estimate of drug-likeness (QED) is 0.220. The van der Waals surface area contributed by atoms with E-state index in [0.29, 0.717) is 18.4 Å². The average molecular weight is 493 g/mol. The molecule has 0 aliphatic rings. The maximum atomic E-state index is 13.1. The maximum Gasteiger partial charge on any atom is 0.326 e. The molecule has 3 amide bonds. The van der Waals surface area contributed by atoms with Crippen LogP contribution in [0.4, 0.5) is 0 Å². The molecule has 0 fully saturated rings. The fourth-order valence-electron chi connectivity index (χ4n) is 3.42. The van der Waals surface area contributed by atoms with Gasteiger partial charge in [0, 0.05) is 6.42 Å². The molecule has 0 radical (unpaired) electrons. The van der Waals surface area contributed by atoms with Crippen molar-refractivity contribution in [1.29, 1.82) is 0 Å². The molecule has 7 unspecified atom stereocenters. The first-order valence-corrected chi connectivity index (χ1v) is 12.0. The Kier molecular flexibility index (Phi) is 12.4. The molecule has 7 atom stereocenters. The lowest BCUT2D eigenvalue weighted by molar-refractivity contribution is -0.143. The number of nitrogens with two attached hydrogens (primary N) is 1. The molecular formula is C25H40N4O6. The van der Waals surface area contributed by atoms with Crippen molar-refractivity contribution in [1.82, 2.24) is 16.0 Å². The monoisotopic (exact) mass is 492 g/mol. The van der Waals surface area contributed by atoms with Crippen LogP contribution < -0.4 is 21.7 Å². The van der Waals surface area contributed by atoms with Gasteiger partial charge in [-0.25, -0.2) is 4.79 Å². The summed E-state index contributed by atoms with van der Waals surface area (Å²) < 4.78 is 0. The van der Waals surface area contributed by atoms with E-state index < -0.39 is 54.0 Å². The number of carboxylic acid groups (broad SMARTS) is 1. The number of aliphatic hydroxyl groups is 1. The fourth-order valence-corrected chi connectivity index (χ4v) is 3.42. The van der Waals surface area contributed by atoms with Gasteiger partial charge in [0.2, 0.25) is 17.7 Å². The summed E-state index contributed by atoms with van der Waals surface area (Å²) in [6.45, 7) is 8.69. The smallest absolute Gasteiger partial charge is 0.326 e. The van der Waals surface area contributed by atoms with Crippen LogP contribution in [0.3, 0.4) is 0 Å². The fraction of sp³-hybridized carbons (Fsp3) is 0.600. The van der Waals surface area contributed by atoms with Gasteiger partial charge in [-0.3, -0.25) is 14.4 Å². The van der Waals surface area contributed by atoms with Crippen LogP contribution >= 0.6 is 0 Å². The van der Waals surface area contributed by atoms with Crippen LogP contribution in [0.15, 0.2) is 30.3 Å². The van der Waals surface area contributed by atoms with Gasteiger partial charge in [0.05, 0.1) is 12.1 Å². The minimum atomic E-state index is -1.42. The summed E-state index contributed by atoms with van der Waals surface area (Å²) in [5, 5.41) is 27.3. The Bertz CT molecular complexity index is 848. The first kappa shape index (κ1) is 30.1. The Morgan fingerprint density at radius 2 is 1.34 bits per heavy atom. The highest BCUT2D eigenvalue weighted by molar-refractivity contribution is 5.94. The van der Waals surface area contributed by atoms with Gasteiger partial charge in [-0.15, -0.1) is 0 Å². The van der Waals surface area contributed by atoms with E-state index in [-0.39, 0.29) is 18.3 Å². The SMILES string of the molecule is CCC(C)C(N)C(=O)NC(C(=O)NC(C(=O)NC(Cc1ccccc1)C(=O)O)C(C)O)C(C)CC. The highest BCUT2D eigenvalue weighted by Crippen LogP contribution is 2.12. The number of rotatable bonds is 14. The van der Waals surface area contributed by atoms with Crippen molar-refractivity contribution in [3.63, 3.8) is 0 Å². The first-order chi connectivity index (χ1) is 16.4. The second kappa shape index (κ2) is 14.4. The number of aliphatic carboxylic acids is 1. The van der Waals surface area contributed by atoms with Gasteiger partial charge in [0.1, 0.15) is 18.1 Å². The van der Waals surface area contributed by atoms with E-state index in [4.69, 9.17) is 5.73 Å².